The molecule has 4 atom stereocenters. The number of fused-ring (bicyclic) bond motifs is 2. The SMILES string of the molecule is O=C(NC1CCCCC1)O[C@@H]1CO[C@H]2[C@H]1OC[C@H]2NS(=O)(=O)c1cccc2cccnc12. The van der Waals surface area contributed by atoms with Crippen molar-refractivity contribution in [1.29, 1.82) is 0 Å². The number of carbonyl (C=O) groups is 1. The standard InChI is InChI=1S/C22H27N3O6S/c26-22(24-15-8-2-1-3-9-15)31-17-13-30-20-16(12-29-21(17)20)25-32(27,28)18-10-4-6-14-7-5-11-23-19(14)18/h4-7,10-11,15-17,20-21,25H,1-3,8-9,12-13H2,(H,24,26)/t16-,17-,20-,21+/m1/s1. The highest BCUT2D eigenvalue weighted by molar-refractivity contribution is 7.89. The lowest BCUT2D eigenvalue weighted by Crippen LogP contribution is -2.45. The van der Waals surface area contributed by atoms with Gasteiger partial charge in [0, 0.05) is 17.6 Å². The number of rotatable bonds is 5. The molecule has 1 aromatic carbocycles. The first-order valence-corrected chi connectivity index (χ1v) is 12.6. The minimum atomic E-state index is -3.86. The summed E-state index contributed by atoms with van der Waals surface area (Å²) in [7, 11) is -3.86. The van der Waals surface area contributed by atoms with E-state index in [2.05, 4.69) is 15.0 Å². The van der Waals surface area contributed by atoms with Crippen LogP contribution in [-0.4, -0.2) is 63.1 Å². The van der Waals surface area contributed by atoms with Gasteiger partial charge in [-0.3, -0.25) is 4.98 Å². The molecule has 1 aromatic heterocycles. The van der Waals surface area contributed by atoms with E-state index in [4.69, 9.17) is 14.2 Å². The van der Waals surface area contributed by atoms with E-state index in [9.17, 15) is 13.2 Å². The third-order valence-corrected chi connectivity index (χ3v) is 7.91. The molecule has 9 nitrogen and oxygen atoms in total. The van der Waals surface area contributed by atoms with E-state index in [-0.39, 0.29) is 24.2 Å². The molecule has 5 rings (SSSR count). The largest absolute Gasteiger partial charge is 0.441 e. The van der Waals surface area contributed by atoms with Gasteiger partial charge < -0.3 is 19.5 Å². The summed E-state index contributed by atoms with van der Waals surface area (Å²) in [4.78, 5) is 16.7. The van der Waals surface area contributed by atoms with E-state index in [1.165, 1.54) is 12.5 Å². The second-order valence-corrected chi connectivity index (χ2v) is 10.3. The number of nitrogens with zero attached hydrogens (tertiary/aromatic N) is 1. The van der Waals surface area contributed by atoms with Crippen LogP contribution >= 0.6 is 0 Å². The number of nitrogens with one attached hydrogen (secondary N) is 2. The first-order valence-electron chi connectivity index (χ1n) is 11.1. The van der Waals surface area contributed by atoms with Crippen LogP contribution in [0.25, 0.3) is 10.9 Å². The van der Waals surface area contributed by atoms with E-state index in [0.717, 1.165) is 31.1 Å². The van der Waals surface area contributed by atoms with Gasteiger partial charge in [-0.1, -0.05) is 37.5 Å². The number of ether oxygens (including phenoxy) is 3. The second kappa shape index (κ2) is 8.93. The topological polar surface area (TPSA) is 116 Å². The summed E-state index contributed by atoms with van der Waals surface area (Å²) in [6, 6.07) is 8.17. The van der Waals surface area contributed by atoms with Crippen LogP contribution in [0.5, 0.6) is 0 Å². The fourth-order valence-corrected chi connectivity index (χ4v) is 6.22. The molecule has 3 aliphatic rings. The van der Waals surface area contributed by atoms with Gasteiger partial charge in [-0.05, 0) is 25.0 Å². The number of pyridine rings is 1. The lowest BCUT2D eigenvalue weighted by Gasteiger charge is -2.24. The smallest absolute Gasteiger partial charge is 0.407 e. The van der Waals surface area contributed by atoms with Gasteiger partial charge >= 0.3 is 6.09 Å². The molecule has 0 spiro atoms. The first-order chi connectivity index (χ1) is 15.5. The minimum Gasteiger partial charge on any atom is -0.441 e. The Kier molecular flexibility index (Phi) is 6.02. The molecule has 0 bridgehead atoms. The molecule has 2 saturated heterocycles. The van der Waals surface area contributed by atoms with Crippen molar-refractivity contribution in [2.75, 3.05) is 13.2 Å². The summed E-state index contributed by atoms with van der Waals surface area (Å²) in [6.07, 6.45) is 4.84. The average molecular weight is 462 g/mol. The van der Waals surface area contributed by atoms with Crippen molar-refractivity contribution in [3.8, 4) is 0 Å². The van der Waals surface area contributed by atoms with Crippen molar-refractivity contribution in [3.63, 3.8) is 0 Å². The Morgan fingerprint density at radius 3 is 2.66 bits per heavy atom. The normalized spacial score (nSPS) is 28.5. The predicted octanol–water partition coefficient (Wildman–Crippen LogP) is 2.11. The number of aromatic nitrogens is 1. The molecule has 172 valence electrons. The van der Waals surface area contributed by atoms with Crippen LogP contribution in [0.2, 0.25) is 0 Å². The number of benzene rings is 1. The van der Waals surface area contributed by atoms with Crippen molar-refractivity contribution in [2.24, 2.45) is 0 Å². The fourth-order valence-electron chi connectivity index (χ4n) is 4.81. The molecule has 1 amide bonds. The molecule has 3 fully saturated rings. The van der Waals surface area contributed by atoms with Gasteiger partial charge in [0.2, 0.25) is 10.0 Å². The molecule has 32 heavy (non-hydrogen) atoms. The molecule has 1 saturated carbocycles. The van der Waals surface area contributed by atoms with Gasteiger partial charge in [0.15, 0.2) is 6.10 Å². The Bertz CT molecular complexity index is 1080. The number of hydrogen-bond donors (Lipinski definition) is 2. The van der Waals surface area contributed by atoms with Crippen LogP contribution in [-0.2, 0) is 24.2 Å². The van der Waals surface area contributed by atoms with Crippen LogP contribution in [0.15, 0.2) is 41.4 Å². The summed E-state index contributed by atoms with van der Waals surface area (Å²) in [5, 5.41) is 3.66. The third kappa shape index (κ3) is 4.32. The highest BCUT2D eigenvalue weighted by Crippen LogP contribution is 2.31. The number of para-hydroxylation sites is 1. The molecule has 3 heterocycles. The average Bonchev–Trinajstić information content (AvgIpc) is 3.37. The number of hydrogen-bond acceptors (Lipinski definition) is 7. The van der Waals surface area contributed by atoms with Gasteiger partial charge in [-0.2, -0.15) is 0 Å². The Hall–Kier alpha value is -2.27. The van der Waals surface area contributed by atoms with Gasteiger partial charge in [-0.25, -0.2) is 17.9 Å². The number of amides is 1. The lowest BCUT2D eigenvalue weighted by molar-refractivity contribution is 0.00281. The molecule has 2 aliphatic heterocycles. The zero-order chi connectivity index (χ0) is 22.1. The maximum absolute atomic E-state index is 13.1. The van der Waals surface area contributed by atoms with Crippen molar-refractivity contribution in [1.82, 2.24) is 15.0 Å². The van der Waals surface area contributed by atoms with E-state index < -0.39 is 40.5 Å². The van der Waals surface area contributed by atoms with Crippen molar-refractivity contribution in [3.05, 3.63) is 36.5 Å². The Morgan fingerprint density at radius 1 is 1.03 bits per heavy atom. The summed E-state index contributed by atoms with van der Waals surface area (Å²) >= 11 is 0. The number of alkyl carbamates (subject to hydrolysis) is 1. The predicted molar refractivity (Wildman–Crippen MR) is 116 cm³/mol. The lowest BCUT2D eigenvalue weighted by atomic mass is 9.96. The van der Waals surface area contributed by atoms with Crippen LogP contribution in [0.3, 0.4) is 0 Å². The molecule has 2 N–H and O–H groups in total. The van der Waals surface area contributed by atoms with E-state index in [1.54, 1.807) is 18.3 Å². The van der Waals surface area contributed by atoms with Crippen LogP contribution < -0.4 is 10.0 Å². The minimum absolute atomic E-state index is 0.108. The van der Waals surface area contributed by atoms with E-state index in [0.29, 0.717) is 5.52 Å². The summed E-state index contributed by atoms with van der Waals surface area (Å²) < 4.78 is 46.1. The van der Waals surface area contributed by atoms with Crippen molar-refractivity contribution < 1.29 is 27.4 Å². The molecular formula is C22H27N3O6S. The zero-order valence-corrected chi connectivity index (χ0v) is 18.4. The number of carbonyl (C=O) groups excluding carboxylic acids is 1. The third-order valence-electron chi connectivity index (χ3n) is 6.39. The van der Waals surface area contributed by atoms with Gasteiger partial charge in [0.1, 0.15) is 17.1 Å². The fraction of sp³-hybridized carbons (Fsp3) is 0.545. The highest BCUT2D eigenvalue weighted by atomic mass is 32.2. The Morgan fingerprint density at radius 2 is 1.81 bits per heavy atom. The van der Waals surface area contributed by atoms with E-state index >= 15 is 0 Å². The quantitative estimate of drug-likeness (QED) is 0.701. The number of sulfonamides is 1. The van der Waals surface area contributed by atoms with Gasteiger partial charge in [0.05, 0.1) is 24.8 Å². The van der Waals surface area contributed by atoms with Crippen LogP contribution in [0.4, 0.5) is 4.79 Å². The van der Waals surface area contributed by atoms with Crippen LogP contribution in [0, 0.1) is 0 Å². The Balaban J connectivity index is 1.23. The molecule has 2 aromatic rings. The molecule has 0 unspecified atom stereocenters. The Labute approximate surface area is 186 Å². The van der Waals surface area contributed by atoms with E-state index in [1.807, 2.05) is 12.1 Å². The maximum atomic E-state index is 13.1. The monoisotopic (exact) mass is 461 g/mol. The molecule has 0 radical (unpaired) electrons. The summed E-state index contributed by atoms with van der Waals surface area (Å²) in [5.74, 6) is 0. The van der Waals surface area contributed by atoms with Crippen LogP contribution in [0.1, 0.15) is 32.1 Å². The molecule has 1 aliphatic carbocycles. The summed E-state index contributed by atoms with van der Waals surface area (Å²) in [6.45, 7) is 0.304. The van der Waals surface area contributed by atoms with Crippen molar-refractivity contribution >= 4 is 27.0 Å². The highest BCUT2D eigenvalue weighted by Gasteiger charge is 2.50. The molecule has 10 heteroatoms. The molecular weight excluding hydrogens is 434 g/mol. The van der Waals surface area contributed by atoms with Crippen molar-refractivity contribution in [2.45, 2.75) is 67.4 Å². The van der Waals surface area contributed by atoms with Gasteiger partial charge in [-0.15, -0.1) is 0 Å². The zero-order valence-electron chi connectivity index (χ0n) is 17.6. The van der Waals surface area contributed by atoms with Gasteiger partial charge in [0.25, 0.3) is 0 Å². The maximum Gasteiger partial charge on any atom is 0.407 e. The second-order valence-electron chi connectivity index (χ2n) is 8.58. The summed E-state index contributed by atoms with van der Waals surface area (Å²) in [5.41, 5.74) is 0.408. The first kappa shape index (κ1) is 21.6.